The zero-order chi connectivity index (χ0) is 21.4. The largest absolute Gasteiger partial charge is 0.507 e. The van der Waals surface area contributed by atoms with Crippen LogP contribution < -0.4 is 4.90 Å². The first-order valence-corrected chi connectivity index (χ1v) is 9.71. The summed E-state index contributed by atoms with van der Waals surface area (Å²) in [5.41, 5.74) is 0.635. The summed E-state index contributed by atoms with van der Waals surface area (Å²) < 4.78 is 10.2. The van der Waals surface area contributed by atoms with Gasteiger partial charge in [-0.25, -0.2) is 9.78 Å². The molecule has 9 heteroatoms. The molecule has 1 aromatic carbocycles. The number of anilines is 1. The number of hydrogen-bond donors (Lipinski definition) is 1. The maximum Gasteiger partial charge on any atom is 0.350 e. The van der Waals surface area contributed by atoms with Gasteiger partial charge in [0, 0.05) is 5.56 Å². The van der Waals surface area contributed by atoms with Gasteiger partial charge in [0.25, 0.3) is 5.78 Å². The average molecular weight is 424 g/mol. The number of furan rings is 1. The molecule has 30 heavy (non-hydrogen) atoms. The summed E-state index contributed by atoms with van der Waals surface area (Å²) in [5.74, 6) is -2.38. The number of hydrogen-bond acceptors (Lipinski definition) is 8. The van der Waals surface area contributed by atoms with Crippen molar-refractivity contribution in [2.45, 2.75) is 13.0 Å². The zero-order valence-corrected chi connectivity index (χ0v) is 16.8. The van der Waals surface area contributed by atoms with Crippen molar-refractivity contribution in [1.29, 1.82) is 0 Å². The lowest BCUT2D eigenvalue weighted by atomic mass is 9.99. The average Bonchev–Trinajstić information content (AvgIpc) is 3.47. The van der Waals surface area contributed by atoms with Crippen LogP contribution >= 0.6 is 11.3 Å². The minimum absolute atomic E-state index is 0.117. The zero-order valence-electron chi connectivity index (χ0n) is 16.0. The number of nitrogens with zero attached hydrogens (tertiary/aromatic N) is 2. The second kappa shape index (κ2) is 7.60. The predicted molar refractivity (Wildman–Crippen MR) is 108 cm³/mol. The number of esters is 1. The quantitative estimate of drug-likeness (QED) is 0.296. The second-order valence-electron chi connectivity index (χ2n) is 6.45. The molecule has 1 fully saturated rings. The standard InChI is InChI=1S/C21H16N2O6S/c1-11-18(20(27)28-2)30-21(22-11)23-15(13-9-6-10-29-13)14(17(25)19(23)26)16(24)12-7-4-3-5-8-12/h3-10,15,24H,1-2H3/t15-/m0/s1. The number of Topliss-reactive ketones (excluding diaryl/α,β-unsaturated/α-hetero) is 1. The number of thiazole rings is 1. The van der Waals surface area contributed by atoms with Crippen LogP contribution in [0.25, 0.3) is 5.76 Å². The molecule has 0 unspecified atom stereocenters. The van der Waals surface area contributed by atoms with Gasteiger partial charge >= 0.3 is 11.9 Å². The lowest BCUT2D eigenvalue weighted by Gasteiger charge is -2.20. The number of carbonyl (C=O) groups excluding carboxylic acids is 3. The number of aliphatic hydroxyl groups is 1. The first-order chi connectivity index (χ1) is 14.4. The van der Waals surface area contributed by atoms with Crippen molar-refractivity contribution in [1.82, 2.24) is 4.98 Å². The lowest BCUT2D eigenvalue weighted by Crippen LogP contribution is -2.29. The molecule has 1 N–H and O–H groups in total. The Bertz CT molecular complexity index is 1160. The number of aryl methyl sites for hydroxylation is 1. The summed E-state index contributed by atoms with van der Waals surface area (Å²) in [6, 6.07) is 10.6. The minimum atomic E-state index is -1.03. The Hall–Kier alpha value is -3.72. The van der Waals surface area contributed by atoms with Crippen molar-refractivity contribution in [3.63, 3.8) is 0 Å². The van der Waals surface area contributed by atoms with E-state index in [9.17, 15) is 19.5 Å². The lowest BCUT2D eigenvalue weighted by molar-refractivity contribution is -0.132. The van der Waals surface area contributed by atoms with Gasteiger partial charge in [-0.2, -0.15) is 0 Å². The van der Waals surface area contributed by atoms with Gasteiger partial charge in [0.05, 0.1) is 24.6 Å². The van der Waals surface area contributed by atoms with Gasteiger partial charge in [0.1, 0.15) is 22.4 Å². The van der Waals surface area contributed by atoms with Crippen LogP contribution in [-0.2, 0) is 14.3 Å². The summed E-state index contributed by atoms with van der Waals surface area (Å²) in [5, 5.41) is 11.0. The van der Waals surface area contributed by atoms with E-state index in [2.05, 4.69) is 4.98 Å². The van der Waals surface area contributed by atoms with Crippen LogP contribution in [0.5, 0.6) is 0 Å². The molecule has 3 aromatic rings. The second-order valence-corrected chi connectivity index (χ2v) is 7.43. The van der Waals surface area contributed by atoms with Gasteiger partial charge in [-0.05, 0) is 19.1 Å². The van der Waals surface area contributed by atoms with Gasteiger partial charge in [-0.15, -0.1) is 0 Å². The third-order valence-corrected chi connectivity index (χ3v) is 5.80. The Kier molecular flexibility index (Phi) is 4.96. The van der Waals surface area contributed by atoms with Crippen LogP contribution in [0.3, 0.4) is 0 Å². The van der Waals surface area contributed by atoms with Crippen molar-refractivity contribution in [2.75, 3.05) is 12.0 Å². The molecule has 152 valence electrons. The summed E-state index contributed by atoms with van der Waals surface area (Å²) >= 11 is 0.927. The number of rotatable bonds is 4. The molecule has 3 heterocycles. The third kappa shape index (κ3) is 3.09. The highest BCUT2D eigenvalue weighted by atomic mass is 32.1. The van der Waals surface area contributed by atoms with E-state index in [4.69, 9.17) is 9.15 Å². The molecule has 0 aliphatic carbocycles. The van der Waals surface area contributed by atoms with Crippen molar-refractivity contribution in [2.24, 2.45) is 0 Å². The molecule has 0 radical (unpaired) electrons. The van der Waals surface area contributed by atoms with Gasteiger partial charge in [-0.1, -0.05) is 41.7 Å². The number of ether oxygens (including phenoxy) is 1. The molecule has 1 aliphatic heterocycles. The number of methoxy groups -OCH3 is 1. The Balaban J connectivity index is 1.90. The van der Waals surface area contributed by atoms with Crippen molar-refractivity contribution in [3.8, 4) is 0 Å². The number of benzene rings is 1. The van der Waals surface area contributed by atoms with Crippen LogP contribution in [0.1, 0.15) is 32.7 Å². The van der Waals surface area contributed by atoms with Crippen molar-refractivity contribution in [3.05, 3.63) is 76.2 Å². The SMILES string of the molecule is COC(=O)c1sc(N2C(=O)C(=O)C(=C(O)c3ccccc3)[C@@H]2c2ccco2)nc1C. The fourth-order valence-corrected chi connectivity index (χ4v) is 4.28. The third-order valence-electron chi connectivity index (χ3n) is 4.67. The predicted octanol–water partition coefficient (Wildman–Crippen LogP) is 3.46. The van der Waals surface area contributed by atoms with Crippen LogP contribution in [0.4, 0.5) is 5.13 Å². The van der Waals surface area contributed by atoms with Crippen LogP contribution in [0.2, 0.25) is 0 Å². The summed E-state index contributed by atoms with van der Waals surface area (Å²) in [6.07, 6.45) is 1.41. The molecule has 0 bridgehead atoms. The van der Waals surface area contributed by atoms with E-state index >= 15 is 0 Å². The molecule has 8 nitrogen and oxygen atoms in total. The van der Waals surface area contributed by atoms with Gasteiger partial charge in [0.15, 0.2) is 5.13 Å². The number of carbonyl (C=O) groups is 3. The number of amides is 1. The fourth-order valence-electron chi connectivity index (χ4n) is 3.26. The Morgan fingerprint density at radius 3 is 2.57 bits per heavy atom. The van der Waals surface area contributed by atoms with E-state index in [0.717, 1.165) is 16.2 Å². The highest BCUT2D eigenvalue weighted by molar-refractivity contribution is 7.17. The Labute approximate surface area is 175 Å². The number of aromatic nitrogens is 1. The van der Waals surface area contributed by atoms with Crippen molar-refractivity contribution < 1.29 is 28.6 Å². The number of ketones is 1. The Morgan fingerprint density at radius 2 is 1.93 bits per heavy atom. The summed E-state index contributed by atoms with van der Waals surface area (Å²) in [6.45, 7) is 1.61. The molecule has 0 spiro atoms. The highest BCUT2D eigenvalue weighted by Gasteiger charge is 2.49. The number of aliphatic hydroxyl groups excluding tert-OH is 1. The minimum Gasteiger partial charge on any atom is -0.507 e. The van der Waals surface area contributed by atoms with E-state index < -0.39 is 23.7 Å². The topological polar surface area (TPSA) is 110 Å². The molecule has 4 rings (SSSR count). The summed E-state index contributed by atoms with van der Waals surface area (Å²) in [4.78, 5) is 43.5. The molecule has 2 aromatic heterocycles. The first kappa shape index (κ1) is 19.6. The molecule has 1 saturated heterocycles. The molecule has 1 aliphatic rings. The van der Waals surface area contributed by atoms with Crippen LogP contribution in [0.15, 0.2) is 58.7 Å². The van der Waals surface area contributed by atoms with Crippen LogP contribution in [0, 0.1) is 6.92 Å². The highest BCUT2D eigenvalue weighted by Crippen LogP contribution is 2.43. The van der Waals surface area contributed by atoms with Gasteiger partial charge in [-0.3, -0.25) is 14.5 Å². The normalized spacial score (nSPS) is 18.1. The molecular formula is C21H16N2O6S. The monoisotopic (exact) mass is 424 g/mol. The molecular weight excluding hydrogens is 408 g/mol. The van der Waals surface area contributed by atoms with E-state index in [-0.39, 0.29) is 27.1 Å². The van der Waals surface area contributed by atoms with Crippen molar-refractivity contribution >= 4 is 39.9 Å². The maximum atomic E-state index is 13.0. The first-order valence-electron chi connectivity index (χ1n) is 8.89. The van der Waals surface area contributed by atoms with E-state index in [0.29, 0.717) is 11.3 Å². The fraction of sp³-hybridized carbons (Fsp3) is 0.143. The maximum absolute atomic E-state index is 13.0. The van der Waals surface area contributed by atoms with E-state index in [1.807, 2.05) is 0 Å². The molecule has 0 saturated carbocycles. The van der Waals surface area contributed by atoms with Gasteiger partial charge < -0.3 is 14.3 Å². The molecule has 1 atom stereocenters. The van der Waals surface area contributed by atoms with Crippen LogP contribution in [-0.4, -0.2) is 34.9 Å². The van der Waals surface area contributed by atoms with E-state index in [1.165, 1.54) is 13.4 Å². The Morgan fingerprint density at radius 1 is 1.20 bits per heavy atom. The molecule has 1 amide bonds. The summed E-state index contributed by atoms with van der Waals surface area (Å²) in [7, 11) is 1.25. The van der Waals surface area contributed by atoms with E-state index in [1.54, 1.807) is 49.4 Å². The smallest absolute Gasteiger partial charge is 0.350 e. The van der Waals surface area contributed by atoms with Gasteiger partial charge in [0.2, 0.25) is 0 Å².